The van der Waals surface area contributed by atoms with Crippen LogP contribution in [0.15, 0.2) is 30.3 Å². The molecule has 0 unspecified atom stereocenters. The minimum Gasteiger partial charge on any atom is -0.481 e. The van der Waals surface area contributed by atoms with Crippen LogP contribution >= 0.6 is 0 Å². The van der Waals surface area contributed by atoms with Crippen molar-refractivity contribution in [3.63, 3.8) is 0 Å². The van der Waals surface area contributed by atoms with Crippen molar-refractivity contribution in [3.8, 4) is 0 Å². The Labute approximate surface area is 167 Å². The van der Waals surface area contributed by atoms with Crippen molar-refractivity contribution in [1.82, 2.24) is 20.0 Å². The Kier molecular flexibility index (Phi) is 7.28. The van der Waals surface area contributed by atoms with Crippen molar-refractivity contribution in [2.24, 2.45) is 5.92 Å². The lowest BCUT2D eigenvalue weighted by molar-refractivity contribution is -0.137. The number of likely N-dealkylation sites (N-methyl/N-ethyl adjacent to an activating group) is 1. The number of benzene rings is 1. The minimum absolute atomic E-state index is 0.0546. The van der Waals surface area contributed by atoms with E-state index >= 15 is 0 Å². The number of piperazine rings is 1. The zero-order valence-electron chi connectivity index (χ0n) is 16.7. The first kappa shape index (κ1) is 20.6. The lowest BCUT2D eigenvalue weighted by atomic mass is 9.86. The topological polar surface area (TPSA) is 76.1 Å². The van der Waals surface area contributed by atoms with Crippen molar-refractivity contribution in [3.05, 3.63) is 35.9 Å². The molecule has 2 saturated heterocycles. The van der Waals surface area contributed by atoms with Crippen LogP contribution < -0.4 is 5.32 Å². The van der Waals surface area contributed by atoms with E-state index in [1.807, 2.05) is 35.2 Å². The summed E-state index contributed by atoms with van der Waals surface area (Å²) >= 11 is 0. The lowest BCUT2D eigenvalue weighted by Gasteiger charge is -2.46. The van der Waals surface area contributed by atoms with Crippen molar-refractivity contribution < 1.29 is 14.7 Å². The van der Waals surface area contributed by atoms with Crippen molar-refractivity contribution in [2.75, 3.05) is 46.3 Å². The first-order valence-electron chi connectivity index (χ1n) is 10.2. The summed E-state index contributed by atoms with van der Waals surface area (Å²) < 4.78 is 0. The molecule has 2 atom stereocenters. The second-order valence-electron chi connectivity index (χ2n) is 7.98. The Morgan fingerprint density at radius 1 is 1.11 bits per heavy atom. The number of carboxylic acids is 1. The monoisotopic (exact) mass is 388 g/mol. The van der Waals surface area contributed by atoms with E-state index in [9.17, 15) is 9.59 Å². The highest BCUT2D eigenvalue weighted by Crippen LogP contribution is 2.27. The molecule has 2 N–H and O–H groups in total. The van der Waals surface area contributed by atoms with Crippen molar-refractivity contribution >= 4 is 12.0 Å². The molecule has 2 amide bonds. The quantitative estimate of drug-likeness (QED) is 0.776. The molecule has 1 aromatic rings. The standard InChI is InChI=1S/C21H32N4O3/c1-23-11-13-24(14-12-23)19-9-10-25(16-18(19)7-8-20(26)27)21(28)22-15-17-5-3-2-4-6-17/h2-6,18-19H,7-16H2,1H3,(H,22,28)(H,26,27)/t18-,19+/m1/s1. The maximum atomic E-state index is 12.7. The predicted molar refractivity (Wildman–Crippen MR) is 108 cm³/mol. The van der Waals surface area contributed by atoms with Crippen LogP contribution in [-0.4, -0.2) is 84.2 Å². The Hall–Kier alpha value is -2.12. The zero-order valence-corrected chi connectivity index (χ0v) is 16.7. The van der Waals surface area contributed by atoms with Crippen molar-refractivity contribution in [1.29, 1.82) is 0 Å². The number of aliphatic carboxylic acids is 1. The van der Waals surface area contributed by atoms with Gasteiger partial charge in [-0.05, 0) is 31.4 Å². The third kappa shape index (κ3) is 5.69. The summed E-state index contributed by atoms with van der Waals surface area (Å²) in [7, 11) is 2.14. The highest BCUT2D eigenvalue weighted by Gasteiger charge is 2.35. The molecule has 2 aliphatic heterocycles. The molecule has 0 radical (unpaired) electrons. The molecular weight excluding hydrogens is 356 g/mol. The van der Waals surface area contributed by atoms with Crippen LogP contribution in [-0.2, 0) is 11.3 Å². The number of nitrogens with zero attached hydrogens (tertiary/aromatic N) is 3. The van der Waals surface area contributed by atoms with Gasteiger partial charge >= 0.3 is 12.0 Å². The molecule has 0 spiro atoms. The van der Waals surface area contributed by atoms with Crippen LogP contribution in [0.25, 0.3) is 0 Å². The summed E-state index contributed by atoms with van der Waals surface area (Å²) in [5.41, 5.74) is 1.07. The third-order valence-corrected chi connectivity index (χ3v) is 6.00. The number of nitrogens with one attached hydrogen (secondary N) is 1. The summed E-state index contributed by atoms with van der Waals surface area (Å²) in [5, 5.41) is 12.2. The fourth-order valence-electron chi connectivity index (χ4n) is 4.32. The number of piperidine rings is 1. The SMILES string of the molecule is CN1CCN([C@H]2CCN(C(=O)NCc3ccccc3)C[C@H]2CCC(=O)O)CC1. The molecule has 7 nitrogen and oxygen atoms in total. The maximum absolute atomic E-state index is 12.7. The van der Waals surface area contributed by atoms with Gasteiger partial charge in [0.25, 0.3) is 0 Å². The van der Waals surface area contributed by atoms with Crippen LogP contribution in [0, 0.1) is 5.92 Å². The van der Waals surface area contributed by atoms with Gasteiger partial charge in [-0.2, -0.15) is 0 Å². The molecule has 0 aromatic heterocycles. The Balaban J connectivity index is 1.57. The number of hydrogen-bond donors (Lipinski definition) is 2. The van der Waals surface area contributed by atoms with E-state index in [-0.39, 0.29) is 18.4 Å². The number of carbonyl (C=O) groups excluding carboxylic acids is 1. The maximum Gasteiger partial charge on any atom is 0.317 e. The number of urea groups is 1. The van der Waals surface area contributed by atoms with E-state index in [0.29, 0.717) is 25.6 Å². The van der Waals surface area contributed by atoms with Crippen LogP contribution in [0.5, 0.6) is 0 Å². The largest absolute Gasteiger partial charge is 0.481 e. The molecule has 0 aliphatic carbocycles. The number of amides is 2. The average Bonchev–Trinajstić information content (AvgIpc) is 2.71. The van der Waals surface area contributed by atoms with Crippen molar-refractivity contribution in [2.45, 2.75) is 31.8 Å². The number of likely N-dealkylation sites (tertiary alicyclic amines) is 1. The van der Waals surface area contributed by atoms with E-state index in [1.165, 1.54) is 0 Å². The van der Waals surface area contributed by atoms with Gasteiger partial charge in [-0.15, -0.1) is 0 Å². The Morgan fingerprint density at radius 3 is 2.50 bits per heavy atom. The van der Waals surface area contributed by atoms with Gasteiger partial charge in [0.1, 0.15) is 0 Å². The molecular formula is C21H32N4O3. The summed E-state index contributed by atoms with van der Waals surface area (Å²) in [5.74, 6) is -0.557. The Bertz CT molecular complexity index is 646. The van der Waals surface area contributed by atoms with E-state index < -0.39 is 5.97 Å². The number of carboxylic acid groups (broad SMARTS) is 1. The van der Waals surface area contributed by atoms with Crippen LogP contribution in [0.1, 0.15) is 24.8 Å². The molecule has 2 aliphatic rings. The average molecular weight is 389 g/mol. The van der Waals surface area contributed by atoms with E-state index in [4.69, 9.17) is 5.11 Å². The van der Waals surface area contributed by atoms with E-state index in [0.717, 1.165) is 44.7 Å². The first-order chi connectivity index (χ1) is 13.5. The highest BCUT2D eigenvalue weighted by atomic mass is 16.4. The summed E-state index contributed by atoms with van der Waals surface area (Å²) in [6.45, 7) is 5.99. The fourth-order valence-corrected chi connectivity index (χ4v) is 4.32. The number of rotatable bonds is 6. The molecule has 3 rings (SSSR count). The second kappa shape index (κ2) is 9.89. The molecule has 2 heterocycles. The first-order valence-corrected chi connectivity index (χ1v) is 10.2. The molecule has 0 saturated carbocycles. The molecule has 0 bridgehead atoms. The summed E-state index contributed by atoms with van der Waals surface area (Å²) in [6, 6.07) is 10.2. The van der Waals surface area contributed by atoms with Gasteiger partial charge in [-0.3, -0.25) is 9.69 Å². The van der Waals surface area contributed by atoms with Gasteiger partial charge in [0.15, 0.2) is 0 Å². The van der Waals surface area contributed by atoms with Gasteiger partial charge in [0.2, 0.25) is 0 Å². The molecule has 7 heteroatoms. The molecule has 2 fully saturated rings. The minimum atomic E-state index is -0.761. The zero-order chi connectivity index (χ0) is 19.9. The predicted octanol–water partition coefficient (Wildman–Crippen LogP) is 1.70. The molecule has 28 heavy (non-hydrogen) atoms. The summed E-state index contributed by atoms with van der Waals surface area (Å²) in [6.07, 6.45) is 1.69. The van der Waals surface area contributed by atoms with Gasteiger partial charge < -0.3 is 20.2 Å². The summed E-state index contributed by atoms with van der Waals surface area (Å²) in [4.78, 5) is 30.5. The molecule has 154 valence electrons. The third-order valence-electron chi connectivity index (χ3n) is 6.00. The Morgan fingerprint density at radius 2 is 1.82 bits per heavy atom. The highest BCUT2D eigenvalue weighted by molar-refractivity contribution is 5.74. The number of hydrogen-bond acceptors (Lipinski definition) is 4. The van der Waals surface area contributed by atoms with Crippen LogP contribution in [0.4, 0.5) is 4.79 Å². The van der Waals surface area contributed by atoms with Gasteiger partial charge in [0.05, 0.1) is 0 Å². The van der Waals surface area contributed by atoms with Gasteiger partial charge in [-0.1, -0.05) is 30.3 Å². The normalized spacial score (nSPS) is 24.1. The number of carbonyl (C=O) groups is 2. The van der Waals surface area contributed by atoms with E-state index in [2.05, 4.69) is 22.2 Å². The van der Waals surface area contributed by atoms with Gasteiger partial charge in [-0.25, -0.2) is 4.79 Å². The van der Waals surface area contributed by atoms with Crippen LogP contribution in [0.2, 0.25) is 0 Å². The lowest BCUT2D eigenvalue weighted by Crippen LogP contribution is -2.57. The van der Waals surface area contributed by atoms with E-state index in [1.54, 1.807) is 0 Å². The fraction of sp³-hybridized carbons (Fsp3) is 0.619. The van der Waals surface area contributed by atoms with Gasteiger partial charge in [0, 0.05) is 58.3 Å². The smallest absolute Gasteiger partial charge is 0.317 e. The second-order valence-corrected chi connectivity index (χ2v) is 7.98. The molecule has 1 aromatic carbocycles. The van der Waals surface area contributed by atoms with Crippen LogP contribution in [0.3, 0.4) is 0 Å².